The molecule has 0 aliphatic carbocycles. The Bertz CT molecular complexity index is 661. The Morgan fingerprint density at radius 3 is 3.11 bits per heavy atom. The molecule has 1 aliphatic rings. The van der Waals surface area contributed by atoms with Gasteiger partial charge in [-0.25, -0.2) is 9.49 Å². The van der Waals surface area contributed by atoms with Gasteiger partial charge in [-0.1, -0.05) is 13.0 Å². The number of hydrogen-bond acceptors (Lipinski definition) is 3. The number of anilines is 2. The van der Waals surface area contributed by atoms with Crippen molar-refractivity contribution in [2.45, 2.75) is 26.3 Å². The minimum Gasteiger partial charge on any atom is -0.310 e. The molecule has 0 radical (unpaired) electrons. The maximum absolute atomic E-state index is 13.4. The fraction of sp³-hybridized carbons (Fsp3) is 0.385. The molecule has 1 aromatic heterocycles. The first kappa shape index (κ1) is 12.3. The minimum atomic E-state index is -0.221. The van der Waals surface area contributed by atoms with Gasteiger partial charge in [0.2, 0.25) is 5.95 Å². The third-order valence-corrected chi connectivity index (χ3v) is 3.68. The second kappa shape index (κ2) is 4.77. The molecular weight excluding hydrogens is 263 g/mol. The van der Waals surface area contributed by atoms with E-state index in [0.717, 1.165) is 43.1 Å². The summed E-state index contributed by atoms with van der Waals surface area (Å²) in [5.74, 6) is 0.554. The van der Waals surface area contributed by atoms with Gasteiger partial charge in [-0.2, -0.15) is 0 Å². The summed E-state index contributed by atoms with van der Waals surface area (Å²) < 4.78 is 16.0. The van der Waals surface area contributed by atoms with E-state index in [2.05, 4.69) is 17.1 Å². The highest BCUT2D eigenvalue weighted by atomic mass is 32.1. The molecule has 2 heterocycles. The van der Waals surface area contributed by atoms with Crippen LogP contribution in [-0.2, 0) is 13.0 Å². The largest absolute Gasteiger partial charge is 0.310 e. The van der Waals surface area contributed by atoms with E-state index in [1.807, 2.05) is 15.5 Å². The monoisotopic (exact) mass is 278 g/mol. The Hall–Kier alpha value is -1.69. The van der Waals surface area contributed by atoms with Crippen molar-refractivity contribution in [2.75, 3.05) is 11.4 Å². The van der Waals surface area contributed by atoms with Crippen LogP contribution in [0, 0.1) is 10.6 Å². The number of nitrogens with one attached hydrogen (secondary N) is 1. The first-order valence-electron chi connectivity index (χ1n) is 6.42. The van der Waals surface area contributed by atoms with Gasteiger partial charge in [-0.3, -0.25) is 4.57 Å². The van der Waals surface area contributed by atoms with E-state index in [1.165, 1.54) is 6.07 Å². The van der Waals surface area contributed by atoms with Crippen LogP contribution in [0.15, 0.2) is 18.2 Å². The van der Waals surface area contributed by atoms with E-state index in [0.29, 0.717) is 4.77 Å². The lowest BCUT2D eigenvalue weighted by Crippen LogP contribution is -2.18. The number of benzene rings is 1. The zero-order chi connectivity index (χ0) is 13.4. The Balaban J connectivity index is 2.06. The van der Waals surface area contributed by atoms with Gasteiger partial charge < -0.3 is 4.90 Å². The van der Waals surface area contributed by atoms with Gasteiger partial charge in [0.15, 0.2) is 4.77 Å². The summed E-state index contributed by atoms with van der Waals surface area (Å²) in [5, 5.41) is 7.12. The molecule has 2 aromatic rings. The first-order chi connectivity index (χ1) is 9.20. The lowest BCUT2D eigenvalue weighted by molar-refractivity contribution is 0.627. The van der Waals surface area contributed by atoms with Crippen molar-refractivity contribution in [3.05, 3.63) is 34.4 Å². The molecular formula is C13H15FN4S. The molecule has 1 N–H and O–H groups in total. The number of aromatic nitrogens is 3. The van der Waals surface area contributed by atoms with Crippen molar-refractivity contribution >= 4 is 23.9 Å². The second-order valence-electron chi connectivity index (χ2n) is 4.66. The van der Waals surface area contributed by atoms with Gasteiger partial charge in [0.25, 0.3) is 0 Å². The average molecular weight is 278 g/mol. The Morgan fingerprint density at radius 1 is 1.47 bits per heavy atom. The third-order valence-electron chi connectivity index (χ3n) is 3.37. The summed E-state index contributed by atoms with van der Waals surface area (Å²) in [5.41, 5.74) is 2.05. The molecule has 0 unspecified atom stereocenters. The van der Waals surface area contributed by atoms with Crippen LogP contribution in [0.5, 0.6) is 0 Å². The SMILES string of the molecule is CCCn1c(N2CCc3ccc(F)cc32)n[nH]c1=S. The molecule has 0 saturated heterocycles. The molecule has 0 fully saturated rings. The van der Waals surface area contributed by atoms with Crippen molar-refractivity contribution in [1.82, 2.24) is 14.8 Å². The molecule has 0 saturated carbocycles. The second-order valence-corrected chi connectivity index (χ2v) is 5.04. The number of rotatable bonds is 3. The summed E-state index contributed by atoms with van der Waals surface area (Å²) in [7, 11) is 0. The molecule has 0 atom stereocenters. The van der Waals surface area contributed by atoms with Crippen molar-refractivity contribution in [1.29, 1.82) is 0 Å². The Labute approximate surface area is 115 Å². The number of H-pyrrole nitrogens is 1. The summed E-state index contributed by atoms with van der Waals surface area (Å²) in [6.45, 7) is 3.71. The maximum atomic E-state index is 13.4. The van der Waals surface area contributed by atoms with E-state index < -0.39 is 0 Å². The Morgan fingerprint density at radius 2 is 2.32 bits per heavy atom. The summed E-state index contributed by atoms with van der Waals surface area (Å²) in [6.07, 6.45) is 1.88. The molecule has 1 aromatic carbocycles. The van der Waals surface area contributed by atoms with E-state index >= 15 is 0 Å². The topological polar surface area (TPSA) is 36.9 Å². The fourth-order valence-electron chi connectivity index (χ4n) is 2.50. The summed E-state index contributed by atoms with van der Waals surface area (Å²) in [6, 6.07) is 4.91. The molecule has 0 amide bonds. The molecule has 6 heteroatoms. The third kappa shape index (κ3) is 2.06. The average Bonchev–Trinajstić information content (AvgIpc) is 2.95. The maximum Gasteiger partial charge on any atom is 0.230 e. The zero-order valence-electron chi connectivity index (χ0n) is 10.7. The molecule has 0 bridgehead atoms. The van der Waals surface area contributed by atoms with Gasteiger partial charge in [-0.15, -0.1) is 5.10 Å². The number of nitrogens with zero attached hydrogens (tertiary/aromatic N) is 3. The van der Waals surface area contributed by atoms with Crippen LogP contribution in [0.2, 0.25) is 0 Å². The van der Waals surface area contributed by atoms with Gasteiger partial charge in [0.05, 0.1) is 0 Å². The van der Waals surface area contributed by atoms with Crippen molar-refractivity contribution in [2.24, 2.45) is 0 Å². The summed E-state index contributed by atoms with van der Waals surface area (Å²) >= 11 is 5.24. The van der Waals surface area contributed by atoms with Crippen LogP contribution < -0.4 is 4.90 Å². The van der Waals surface area contributed by atoms with Crippen molar-refractivity contribution < 1.29 is 4.39 Å². The van der Waals surface area contributed by atoms with Gasteiger partial charge in [0.1, 0.15) is 5.82 Å². The van der Waals surface area contributed by atoms with Crippen molar-refractivity contribution in [3.8, 4) is 0 Å². The molecule has 4 nitrogen and oxygen atoms in total. The molecule has 3 rings (SSSR count). The van der Waals surface area contributed by atoms with E-state index in [1.54, 1.807) is 6.07 Å². The lowest BCUT2D eigenvalue weighted by atomic mass is 10.2. The van der Waals surface area contributed by atoms with Gasteiger partial charge >= 0.3 is 0 Å². The highest BCUT2D eigenvalue weighted by molar-refractivity contribution is 7.71. The smallest absolute Gasteiger partial charge is 0.230 e. The minimum absolute atomic E-state index is 0.221. The van der Waals surface area contributed by atoms with Crippen LogP contribution in [-0.4, -0.2) is 21.3 Å². The highest BCUT2D eigenvalue weighted by Gasteiger charge is 2.24. The normalized spacial score (nSPS) is 13.9. The van der Waals surface area contributed by atoms with Crippen LogP contribution >= 0.6 is 12.2 Å². The van der Waals surface area contributed by atoms with E-state index in [9.17, 15) is 4.39 Å². The first-order valence-corrected chi connectivity index (χ1v) is 6.82. The molecule has 100 valence electrons. The zero-order valence-corrected chi connectivity index (χ0v) is 11.5. The lowest BCUT2D eigenvalue weighted by Gasteiger charge is -2.18. The number of fused-ring (bicyclic) bond motifs is 1. The van der Waals surface area contributed by atoms with Crippen molar-refractivity contribution in [3.63, 3.8) is 0 Å². The molecule has 1 aliphatic heterocycles. The van der Waals surface area contributed by atoms with Gasteiger partial charge in [-0.05, 0) is 42.8 Å². The number of hydrogen-bond donors (Lipinski definition) is 1. The van der Waals surface area contributed by atoms with E-state index in [-0.39, 0.29) is 5.82 Å². The van der Waals surface area contributed by atoms with E-state index in [4.69, 9.17) is 12.2 Å². The summed E-state index contributed by atoms with van der Waals surface area (Å²) in [4.78, 5) is 2.03. The van der Waals surface area contributed by atoms with Crippen LogP contribution in [0.1, 0.15) is 18.9 Å². The molecule has 19 heavy (non-hydrogen) atoms. The van der Waals surface area contributed by atoms with Crippen LogP contribution in [0.25, 0.3) is 0 Å². The predicted molar refractivity (Wildman–Crippen MR) is 74.8 cm³/mol. The number of aromatic amines is 1. The number of halogens is 1. The van der Waals surface area contributed by atoms with Crippen LogP contribution in [0.3, 0.4) is 0 Å². The fourth-order valence-corrected chi connectivity index (χ4v) is 2.72. The standard InChI is InChI=1S/C13H15FN4S/c1-2-6-18-12(15-16-13(18)19)17-7-5-9-3-4-10(14)8-11(9)17/h3-4,8H,2,5-7H2,1H3,(H,16,19). The highest BCUT2D eigenvalue weighted by Crippen LogP contribution is 2.34. The predicted octanol–water partition coefficient (Wildman–Crippen LogP) is 3.18. The van der Waals surface area contributed by atoms with Gasteiger partial charge in [0, 0.05) is 18.8 Å². The quantitative estimate of drug-likeness (QED) is 0.876. The van der Waals surface area contributed by atoms with Crippen LogP contribution in [0.4, 0.5) is 16.0 Å². The Kier molecular flexibility index (Phi) is 3.10. The molecule has 0 spiro atoms.